The first-order valence-electron chi connectivity index (χ1n) is 11.3. The van der Waals surface area contributed by atoms with Crippen molar-refractivity contribution in [1.29, 1.82) is 0 Å². The first-order valence-corrected chi connectivity index (χ1v) is 12.2. The van der Waals surface area contributed by atoms with Crippen LogP contribution in [0, 0.1) is 5.82 Å². The third kappa shape index (κ3) is 5.12. The fraction of sp³-hybridized carbons (Fsp3) is 0.400. The predicted molar refractivity (Wildman–Crippen MR) is 129 cm³/mol. The van der Waals surface area contributed by atoms with Crippen molar-refractivity contribution in [1.82, 2.24) is 25.0 Å². The van der Waals surface area contributed by atoms with Crippen molar-refractivity contribution in [3.63, 3.8) is 0 Å². The summed E-state index contributed by atoms with van der Waals surface area (Å²) in [6.45, 7) is 3.92. The minimum Gasteiger partial charge on any atom is -0.348 e. The highest BCUT2D eigenvalue weighted by Crippen LogP contribution is 2.32. The number of hydrogen-bond donors (Lipinski definition) is 1. The molecule has 1 N–H and O–H groups in total. The van der Waals surface area contributed by atoms with Crippen LogP contribution in [-0.4, -0.2) is 44.9 Å². The smallest absolute Gasteiger partial charge is 0.233 e. The molecule has 0 spiro atoms. The molecule has 0 bridgehead atoms. The fourth-order valence-electron chi connectivity index (χ4n) is 4.10. The highest BCUT2D eigenvalue weighted by molar-refractivity contribution is 8.00. The van der Waals surface area contributed by atoms with Gasteiger partial charge in [0.25, 0.3) is 0 Å². The van der Waals surface area contributed by atoms with E-state index in [0.29, 0.717) is 5.16 Å². The highest BCUT2D eigenvalue weighted by atomic mass is 32.2. The number of thioether (sulfide) groups is 1. The molecular weight excluding hydrogens is 437 g/mol. The number of benzene rings is 2. The summed E-state index contributed by atoms with van der Waals surface area (Å²) in [5.74, 6) is 0.407. The molecule has 8 heteroatoms. The largest absolute Gasteiger partial charge is 0.348 e. The molecule has 3 aromatic rings. The Kier molecular flexibility index (Phi) is 7.14. The van der Waals surface area contributed by atoms with Crippen molar-refractivity contribution < 1.29 is 9.18 Å². The van der Waals surface area contributed by atoms with Crippen LogP contribution in [0.25, 0.3) is 5.69 Å². The van der Waals surface area contributed by atoms with Crippen molar-refractivity contribution >= 4 is 17.7 Å². The Morgan fingerprint density at radius 2 is 1.88 bits per heavy atom. The van der Waals surface area contributed by atoms with Gasteiger partial charge in [0.1, 0.15) is 5.82 Å². The van der Waals surface area contributed by atoms with Gasteiger partial charge >= 0.3 is 0 Å². The molecule has 1 heterocycles. The zero-order valence-electron chi connectivity index (χ0n) is 19.5. The van der Waals surface area contributed by atoms with Gasteiger partial charge in [0.15, 0.2) is 11.0 Å². The lowest BCUT2D eigenvalue weighted by Gasteiger charge is -2.27. The summed E-state index contributed by atoms with van der Waals surface area (Å²) >= 11 is 1.36. The summed E-state index contributed by atoms with van der Waals surface area (Å²) < 4.78 is 15.5. The summed E-state index contributed by atoms with van der Waals surface area (Å²) in [7, 11) is 3.94. The van der Waals surface area contributed by atoms with Gasteiger partial charge in [0.2, 0.25) is 5.91 Å². The predicted octanol–water partition coefficient (Wildman–Crippen LogP) is 4.70. The molecule has 1 amide bonds. The van der Waals surface area contributed by atoms with E-state index in [0.717, 1.165) is 30.8 Å². The summed E-state index contributed by atoms with van der Waals surface area (Å²) in [6, 6.07) is 14.6. The summed E-state index contributed by atoms with van der Waals surface area (Å²) in [5.41, 5.74) is 3.29. The third-order valence-electron chi connectivity index (χ3n) is 6.23. The van der Waals surface area contributed by atoms with Gasteiger partial charge < -0.3 is 5.32 Å². The van der Waals surface area contributed by atoms with Gasteiger partial charge in [-0.05, 0) is 82.6 Å². The molecule has 2 aromatic carbocycles. The number of aromatic nitrogens is 3. The van der Waals surface area contributed by atoms with Gasteiger partial charge in [-0.1, -0.05) is 36.0 Å². The van der Waals surface area contributed by atoms with Gasteiger partial charge in [-0.15, -0.1) is 10.2 Å². The Bertz CT molecular complexity index is 1110. The van der Waals surface area contributed by atoms with Gasteiger partial charge in [-0.3, -0.25) is 14.3 Å². The first kappa shape index (κ1) is 23.4. The van der Waals surface area contributed by atoms with E-state index in [1.54, 1.807) is 12.1 Å². The topological polar surface area (TPSA) is 63.1 Å². The SMILES string of the molecule is C[C@H](Sc1nnc([C@@H](C)N(C)C)n1-c1ccc(F)cc1)C(=O)N[C@H]1CCCc2ccccc21. The lowest BCUT2D eigenvalue weighted by molar-refractivity contribution is -0.121. The van der Waals surface area contributed by atoms with Crippen molar-refractivity contribution in [2.75, 3.05) is 14.1 Å². The van der Waals surface area contributed by atoms with E-state index in [1.807, 2.05) is 43.5 Å². The van der Waals surface area contributed by atoms with E-state index >= 15 is 0 Å². The average molecular weight is 468 g/mol. The van der Waals surface area contributed by atoms with Crippen LogP contribution in [-0.2, 0) is 11.2 Å². The van der Waals surface area contributed by atoms with Crippen LogP contribution >= 0.6 is 11.8 Å². The van der Waals surface area contributed by atoms with Crippen molar-refractivity contribution in [2.24, 2.45) is 0 Å². The Morgan fingerprint density at radius 1 is 1.15 bits per heavy atom. The molecule has 0 aliphatic heterocycles. The average Bonchev–Trinajstić information content (AvgIpc) is 3.22. The molecule has 33 heavy (non-hydrogen) atoms. The molecule has 1 aromatic heterocycles. The number of carbonyl (C=O) groups is 1. The lowest BCUT2D eigenvalue weighted by atomic mass is 9.88. The quantitative estimate of drug-likeness (QED) is 0.510. The van der Waals surface area contributed by atoms with Crippen LogP contribution < -0.4 is 5.32 Å². The minimum absolute atomic E-state index is 0.0141. The molecular formula is C25H30FN5OS. The normalized spacial score (nSPS) is 17.5. The summed E-state index contributed by atoms with van der Waals surface area (Å²) in [6.07, 6.45) is 3.06. The molecule has 174 valence electrons. The Balaban J connectivity index is 1.56. The zero-order chi connectivity index (χ0) is 23.5. The second-order valence-electron chi connectivity index (χ2n) is 8.70. The van der Waals surface area contributed by atoms with E-state index in [9.17, 15) is 9.18 Å². The highest BCUT2D eigenvalue weighted by Gasteiger charge is 2.27. The Hall–Kier alpha value is -2.71. The maximum Gasteiger partial charge on any atom is 0.233 e. The molecule has 0 unspecified atom stereocenters. The number of nitrogens with zero attached hydrogens (tertiary/aromatic N) is 4. The number of nitrogens with one attached hydrogen (secondary N) is 1. The number of rotatable bonds is 7. The van der Waals surface area contributed by atoms with Crippen LogP contribution in [0.15, 0.2) is 53.7 Å². The molecule has 3 atom stereocenters. The third-order valence-corrected chi connectivity index (χ3v) is 7.27. The van der Waals surface area contributed by atoms with Gasteiger partial charge in [-0.2, -0.15) is 0 Å². The van der Waals surface area contributed by atoms with Crippen molar-refractivity contribution in [2.45, 2.75) is 55.6 Å². The molecule has 0 fully saturated rings. The number of amides is 1. The number of hydrogen-bond acceptors (Lipinski definition) is 5. The van der Waals surface area contributed by atoms with Gasteiger partial charge in [-0.25, -0.2) is 4.39 Å². The Labute approximate surface area is 198 Å². The number of carbonyl (C=O) groups excluding carboxylic acids is 1. The van der Waals surface area contributed by atoms with Crippen LogP contribution in [0.1, 0.15) is 55.7 Å². The van der Waals surface area contributed by atoms with Gasteiger partial charge in [0.05, 0.1) is 17.3 Å². The zero-order valence-corrected chi connectivity index (χ0v) is 20.3. The number of halogens is 1. The molecule has 4 rings (SSSR count). The van der Waals surface area contributed by atoms with Crippen LogP contribution in [0.4, 0.5) is 4.39 Å². The first-order chi connectivity index (χ1) is 15.8. The van der Waals surface area contributed by atoms with E-state index < -0.39 is 0 Å². The molecule has 6 nitrogen and oxygen atoms in total. The second-order valence-corrected chi connectivity index (χ2v) is 10.0. The van der Waals surface area contributed by atoms with E-state index in [4.69, 9.17) is 0 Å². The van der Waals surface area contributed by atoms with E-state index in [-0.39, 0.29) is 29.1 Å². The molecule has 0 radical (unpaired) electrons. The maximum absolute atomic E-state index is 13.6. The fourth-order valence-corrected chi connectivity index (χ4v) is 4.98. The Morgan fingerprint density at radius 3 is 2.61 bits per heavy atom. The molecule has 1 aliphatic carbocycles. The maximum atomic E-state index is 13.6. The summed E-state index contributed by atoms with van der Waals surface area (Å²) in [4.78, 5) is 15.2. The monoisotopic (exact) mass is 467 g/mol. The van der Waals surface area contributed by atoms with Crippen LogP contribution in [0.2, 0.25) is 0 Å². The number of fused-ring (bicyclic) bond motifs is 1. The lowest BCUT2D eigenvalue weighted by Crippen LogP contribution is -2.36. The molecule has 0 saturated heterocycles. The second kappa shape index (κ2) is 10.1. The molecule has 0 saturated carbocycles. The van der Waals surface area contributed by atoms with E-state index in [1.165, 1.54) is 35.0 Å². The van der Waals surface area contributed by atoms with Crippen molar-refractivity contribution in [3.05, 3.63) is 71.3 Å². The van der Waals surface area contributed by atoms with Crippen LogP contribution in [0.5, 0.6) is 0 Å². The standard InChI is InChI=1S/C25H30FN5OS/c1-16(30(3)4)23-28-29-25(31(23)20-14-12-19(26)13-15-20)33-17(2)24(32)27-22-11-7-9-18-8-5-6-10-21(18)22/h5-6,8,10,12-17,22H,7,9,11H2,1-4H3,(H,27,32)/t16-,17+,22+/m1/s1. The van der Waals surface area contributed by atoms with Crippen LogP contribution in [0.3, 0.4) is 0 Å². The van der Waals surface area contributed by atoms with E-state index in [2.05, 4.69) is 33.7 Å². The molecule has 1 aliphatic rings. The minimum atomic E-state index is -0.370. The van der Waals surface area contributed by atoms with Crippen molar-refractivity contribution in [3.8, 4) is 5.69 Å². The number of aryl methyl sites for hydroxylation is 1. The van der Waals surface area contributed by atoms with Gasteiger partial charge in [0, 0.05) is 5.69 Å². The summed E-state index contributed by atoms with van der Waals surface area (Å²) in [5, 5.41) is 12.3.